The fraction of sp³-hybridized carbons (Fsp3) is 0.263. The number of hydrogen-bond acceptors (Lipinski definition) is 1. The van der Waals surface area contributed by atoms with E-state index < -0.39 is 0 Å². The smallest absolute Gasteiger partial charge is 0.0534 e. The van der Waals surface area contributed by atoms with Crippen molar-refractivity contribution in [2.75, 3.05) is 20.1 Å². The van der Waals surface area contributed by atoms with Crippen LogP contribution >= 0.6 is 0 Å². The van der Waals surface area contributed by atoms with Gasteiger partial charge in [0.1, 0.15) is 0 Å². The number of nitrogens with zero attached hydrogens (tertiary/aromatic N) is 2. The molecule has 2 heterocycles. The maximum atomic E-state index is 2.46. The van der Waals surface area contributed by atoms with Gasteiger partial charge < -0.3 is 9.47 Å². The second-order valence-corrected chi connectivity index (χ2v) is 5.92. The van der Waals surface area contributed by atoms with E-state index >= 15 is 0 Å². The Morgan fingerprint density at radius 3 is 2.38 bits per heavy atom. The van der Waals surface area contributed by atoms with Crippen LogP contribution in [0.3, 0.4) is 0 Å². The Labute approximate surface area is 125 Å². The number of rotatable bonds is 1. The van der Waals surface area contributed by atoms with Gasteiger partial charge >= 0.3 is 0 Å². The molecule has 106 valence electrons. The second kappa shape index (κ2) is 5.05. The number of fused-ring (bicyclic) bond motifs is 3. The van der Waals surface area contributed by atoms with E-state index in [0.29, 0.717) is 0 Å². The molecule has 3 aromatic rings. The zero-order valence-electron chi connectivity index (χ0n) is 12.4. The molecule has 0 unspecified atom stereocenters. The van der Waals surface area contributed by atoms with Gasteiger partial charge in [0.05, 0.1) is 5.52 Å². The standard InChI is InChI=1S/C19H20N2/c1-20-13-11-17-16-9-5-6-10-18(16)21(19(17)12-14-20)15-7-3-2-4-8-15/h2-10H,11-14H2,1H3. The third kappa shape index (κ3) is 2.07. The van der Waals surface area contributed by atoms with Crippen molar-refractivity contribution in [1.29, 1.82) is 0 Å². The van der Waals surface area contributed by atoms with Crippen LogP contribution in [0.5, 0.6) is 0 Å². The van der Waals surface area contributed by atoms with Gasteiger partial charge in [0, 0.05) is 36.3 Å². The number of aromatic nitrogens is 1. The predicted molar refractivity (Wildman–Crippen MR) is 88.2 cm³/mol. The molecule has 0 bridgehead atoms. The van der Waals surface area contributed by atoms with Crippen molar-refractivity contribution < 1.29 is 0 Å². The summed E-state index contributed by atoms with van der Waals surface area (Å²) < 4.78 is 2.46. The number of benzene rings is 2. The Balaban J connectivity index is 2.01. The van der Waals surface area contributed by atoms with Crippen LogP contribution < -0.4 is 0 Å². The highest BCUT2D eigenvalue weighted by atomic mass is 15.1. The molecule has 2 heteroatoms. The molecule has 4 rings (SSSR count). The molecule has 1 aliphatic rings. The van der Waals surface area contributed by atoms with Gasteiger partial charge in [0.2, 0.25) is 0 Å². The third-order valence-electron chi connectivity index (χ3n) is 4.58. The highest BCUT2D eigenvalue weighted by Crippen LogP contribution is 2.31. The summed E-state index contributed by atoms with van der Waals surface area (Å²) in [5.74, 6) is 0. The Hall–Kier alpha value is -2.06. The van der Waals surface area contributed by atoms with Gasteiger partial charge in [-0.15, -0.1) is 0 Å². The van der Waals surface area contributed by atoms with E-state index in [9.17, 15) is 0 Å². The van der Waals surface area contributed by atoms with Gasteiger partial charge in [-0.25, -0.2) is 0 Å². The first-order valence-electron chi connectivity index (χ1n) is 7.70. The molecule has 0 aliphatic carbocycles. The Kier molecular flexibility index (Phi) is 3.04. The average molecular weight is 276 g/mol. The van der Waals surface area contributed by atoms with E-state index in [2.05, 4.69) is 71.1 Å². The van der Waals surface area contributed by atoms with Crippen molar-refractivity contribution in [3.8, 4) is 5.69 Å². The van der Waals surface area contributed by atoms with E-state index in [1.54, 1.807) is 5.56 Å². The highest BCUT2D eigenvalue weighted by molar-refractivity contribution is 5.87. The summed E-state index contributed by atoms with van der Waals surface area (Å²) in [6.45, 7) is 2.28. The summed E-state index contributed by atoms with van der Waals surface area (Å²) in [6.07, 6.45) is 2.27. The Morgan fingerprint density at radius 1 is 0.810 bits per heavy atom. The van der Waals surface area contributed by atoms with Gasteiger partial charge in [0.25, 0.3) is 0 Å². The first kappa shape index (κ1) is 12.7. The highest BCUT2D eigenvalue weighted by Gasteiger charge is 2.20. The van der Waals surface area contributed by atoms with Crippen LogP contribution in [-0.2, 0) is 12.8 Å². The van der Waals surface area contributed by atoms with E-state index in [0.717, 1.165) is 25.9 Å². The summed E-state index contributed by atoms with van der Waals surface area (Å²) >= 11 is 0. The zero-order valence-corrected chi connectivity index (χ0v) is 12.4. The van der Waals surface area contributed by atoms with E-state index in [1.165, 1.54) is 22.3 Å². The van der Waals surface area contributed by atoms with Crippen molar-refractivity contribution >= 4 is 10.9 Å². The monoisotopic (exact) mass is 276 g/mol. The Bertz CT molecular complexity index is 771. The van der Waals surface area contributed by atoms with E-state index in [1.807, 2.05) is 0 Å². The molecular weight excluding hydrogens is 256 g/mol. The van der Waals surface area contributed by atoms with Gasteiger partial charge in [-0.3, -0.25) is 0 Å². The van der Waals surface area contributed by atoms with E-state index in [4.69, 9.17) is 0 Å². The van der Waals surface area contributed by atoms with Crippen molar-refractivity contribution in [2.45, 2.75) is 12.8 Å². The van der Waals surface area contributed by atoms with Crippen molar-refractivity contribution in [2.24, 2.45) is 0 Å². The molecule has 0 atom stereocenters. The molecule has 1 aromatic heterocycles. The molecule has 0 spiro atoms. The number of likely N-dealkylation sites (N-methyl/N-ethyl adjacent to an activating group) is 1. The van der Waals surface area contributed by atoms with Crippen LogP contribution in [0.2, 0.25) is 0 Å². The lowest BCUT2D eigenvalue weighted by Crippen LogP contribution is -2.21. The zero-order chi connectivity index (χ0) is 14.2. The quantitative estimate of drug-likeness (QED) is 0.658. The SMILES string of the molecule is CN1CCc2c(n(-c3ccccc3)c3ccccc23)CC1. The first-order chi connectivity index (χ1) is 10.3. The molecule has 2 aromatic carbocycles. The lowest BCUT2D eigenvalue weighted by molar-refractivity contribution is 0.351. The minimum absolute atomic E-state index is 1.12. The summed E-state index contributed by atoms with van der Waals surface area (Å²) in [5, 5.41) is 1.42. The molecule has 0 fully saturated rings. The predicted octanol–water partition coefficient (Wildman–Crippen LogP) is 3.66. The molecule has 0 saturated heterocycles. The van der Waals surface area contributed by atoms with Crippen molar-refractivity contribution in [3.63, 3.8) is 0 Å². The minimum atomic E-state index is 1.12. The van der Waals surface area contributed by atoms with Crippen molar-refractivity contribution in [1.82, 2.24) is 9.47 Å². The molecular formula is C19H20N2. The van der Waals surface area contributed by atoms with Crippen LogP contribution in [0.25, 0.3) is 16.6 Å². The number of hydrogen-bond donors (Lipinski definition) is 0. The van der Waals surface area contributed by atoms with Gasteiger partial charge in [0.15, 0.2) is 0 Å². The van der Waals surface area contributed by atoms with Gasteiger partial charge in [-0.05, 0) is 37.2 Å². The molecule has 0 amide bonds. The summed E-state index contributed by atoms with van der Waals surface area (Å²) in [6, 6.07) is 19.6. The van der Waals surface area contributed by atoms with Gasteiger partial charge in [-0.1, -0.05) is 36.4 Å². The molecule has 1 aliphatic heterocycles. The maximum absolute atomic E-state index is 2.46. The largest absolute Gasteiger partial charge is 0.313 e. The maximum Gasteiger partial charge on any atom is 0.0534 e. The fourth-order valence-corrected chi connectivity index (χ4v) is 3.48. The fourth-order valence-electron chi connectivity index (χ4n) is 3.48. The molecule has 0 radical (unpaired) electrons. The first-order valence-corrected chi connectivity index (χ1v) is 7.70. The summed E-state index contributed by atoms with van der Waals surface area (Å²) in [7, 11) is 2.22. The Morgan fingerprint density at radius 2 is 1.52 bits per heavy atom. The van der Waals surface area contributed by atoms with Crippen LogP contribution in [0.1, 0.15) is 11.3 Å². The lowest BCUT2D eigenvalue weighted by Gasteiger charge is -2.14. The lowest BCUT2D eigenvalue weighted by atomic mass is 10.1. The van der Waals surface area contributed by atoms with Crippen LogP contribution in [0.15, 0.2) is 54.6 Å². The summed E-state index contributed by atoms with van der Waals surface area (Å²) in [5.41, 5.74) is 5.66. The van der Waals surface area contributed by atoms with Crippen molar-refractivity contribution in [3.05, 3.63) is 65.9 Å². The molecule has 0 N–H and O–H groups in total. The van der Waals surface area contributed by atoms with Gasteiger partial charge in [-0.2, -0.15) is 0 Å². The molecule has 0 saturated carbocycles. The molecule has 21 heavy (non-hydrogen) atoms. The van der Waals surface area contributed by atoms with Crippen LogP contribution in [0.4, 0.5) is 0 Å². The summed E-state index contributed by atoms with van der Waals surface area (Å²) in [4.78, 5) is 2.43. The molecule has 2 nitrogen and oxygen atoms in total. The van der Waals surface area contributed by atoms with Crippen LogP contribution in [-0.4, -0.2) is 29.6 Å². The minimum Gasteiger partial charge on any atom is -0.313 e. The van der Waals surface area contributed by atoms with Crippen LogP contribution in [0, 0.1) is 0 Å². The second-order valence-electron chi connectivity index (χ2n) is 5.92. The average Bonchev–Trinajstić information content (AvgIpc) is 2.72. The number of para-hydroxylation sites is 2. The topological polar surface area (TPSA) is 8.17 Å². The normalized spacial score (nSPS) is 15.9. The third-order valence-corrected chi connectivity index (χ3v) is 4.58. The van der Waals surface area contributed by atoms with E-state index in [-0.39, 0.29) is 0 Å².